The maximum Gasteiger partial charge on any atom is 0.573 e. The van der Waals surface area contributed by atoms with E-state index < -0.39 is 18.4 Å². The van der Waals surface area contributed by atoms with E-state index in [1.807, 2.05) is 35.0 Å². The van der Waals surface area contributed by atoms with Crippen molar-refractivity contribution in [2.24, 2.45) is 5.73 Å². The van der Waals surface area contributed by atoms with Gasteiger partial charge in [0.1, 0.15) is 11.8 Å². The Hall–Kier alpha value is -3.00. The van der Waals surface area contributed by atoms with Crippen LogP contribution in [0.1, 0.15) is 11.1 Å². The predicted molar refractivity (Wildman–Crippen MR) is 93.5 cm³/mol. The Morgan fingerprint density at radius 1 is 1.15 bits per heavy atom. The molecule has 8 heteroatoms. The van der Waals surface area contributed by atoms with Gasteiger partial charge in [-0.3, -0.25) is 4.79 Å². The van der Waals surface area contributed by atoms with Crippen LogP contribution in [0.3, 0.4) is 0 Å². The number of carboxylic acid groups (broad SMARTS) is 1. The van der Waals surface area contributed by atoms with Crippen molar-refractivity contribution in [3.8, 4) is 5.75 Å². The third kappa shape index (κ3) is 4.59. The van der Waals surface area contributed by atoms with Crippen LogP contribution in [0.15, 0.2) is 54.7 Å². The molecule has 0 saturated carbocycles. The molecule has 142 valence electrons. The van der Waals surface area contributed by atoms with Crippen molar-refractivity contribution >= 4 is 16.9 Å². The Balaban J connectivity index is 1.85. The first kappa shape index (κ1) is 18.8. The molecule has 0 bridgehead atoms. The van der Waals surface area contributed by atoms with Crippen LogP contribution in [0.2, 0.25) is 0 Å². The molecule has 0 spiro atoms. The number of ether oxygens (including phenoxy) is 1. The monoisotopic (exact) mass is 378 g/mol. The van der Waals surface area contributed by atoms with Crippen LogP contribution in [0.4, 0.5) is 13.2 Å². The van der Waals surface area contributed by atoms with Gasteiger partial charge in [0.15, 0.2) is 0 Å². The molecule has 2 aromatic carbocycles. The summed E-state index contributed by atoms with van der Waals surface area (Å²) in [5, 5.41) is 9.93. The number of nitrogens with two attached hydrogens (primary N) is 1. The number of rotatable bonds is 6. The minimum atomic E-state index is -4.73. The van der Waals surface area contributed by atoms with E-state index >= 15 is 0 Å². The summed E-state index contributed by atoms with van der Waals surface area (Å²) in [6.07, 6.45) is -2.72. The van der Waals surface area contributed by atoms with Crippen LogP contribution in [0, 0.1) is 0 Å². The van der Waals surface area contributed by atoms with Crippen molar-refractivity contribution in [1.82, 2.24) is 4.57 Å². The number of carboxylic acids is 1. The Bertz CT molecular complexity index is 949. The summed E-state index contributed by atoms with van der Waals surface area (Å²) in [5.74, 6) is -1.36. The first-order valence-electron chi connectivity index (χ1n) is 8.13. The Labute approximate surface area is 152 Å². The highest BCUT2D eigenvalue weighted by atomic mass is 19.4. The van der Waals surface area contributed by atoms with Gasteiger partial charge < -0.3 is 20.1 Å². The van der Waals surface area contributed by atoms with Gasteiger partial charge in [0.2, 0.25) is 0 Å². The summed E-state index contributed by atoms with van der Waals surface area (Å²) in [5.41, 5.74) is 8.12. The topological polar surface area (TPSA) is 77.5 Å². The minimum Gasteiger partial charge on any atom is -0.480 e. The fourth-order valence-electron chi connectivity index (χ4n) is 2.93. The second-order valence-electron chi connectivity index (χ2n) is 6.14. The van der Waals surface area contributed by atoms with Gasteiger partial charge in [-0.2, -0.15) is 0 Å². The molecule has 27 heavy (non-hydrogen) atoms. The van der Waals surface area contributed by atoms with Crippen molar-refractivity contribution in [2.45, 2.75) is 25.4 Å². The number of aromatic nitrogens is 1. The van der Waals surface area contributed by atoms with Crippen LogP contribution >= 0.6 is 0 Å². The van der Waals surface area contributed by atoms with E-state index in [-0.39, 0.29) is 12.2 Å². The summed E-state index contributed by atoms with van der Waals surface area (Å²) in [6.45, 7) is 0.412. The van der Waals surface area contributed by atoms with Gasteiger partial charge in [0, 0.05) is 30.1 Å². The van der Waals surface area contributed by atoms with E-state index in [4.69, 9.17) is 10.8 Å². The molecule has 3 rings (SSSR count). The van der Waals surface area contributed by atoms with Gasteiger partial charge in [-0.15, -0.1) is 13.2 Å². The van der Waals surface area contributed by atoms with Gasteiger partial charge in [-0.25, -0.2) is 0 Å². The number of hydrogen-bond acceptors (Lipinski definition) is 3. The number of nitrogens with zero attached hydrogens (tertiary/aromatic N) is 1. The highest BCUT2D eigenvalue weighted by Crippen LogP contribution is 2.25. The molecule has 0 saturated heterocycles. The van der Waals surface area contributed by atoms with Crippen molar-refractivity contribution < 1.29 is 27.8 Å². The van der Waals surface area contributed by atoms with Gasteiger partial charge >= 0.3 is 12.3 Å². The molecule has 3 aromatic rings. The standard InChI is InChI=1S/C19H17F3N2O3/c20-19(21,22)27-14-7-5-12(6-8-14)10-24-11-13(9-16(23)18(25)26)15-3-1-2-4-17(15)24/h1-8,11,16H,9-10,23H2,(H,25,26)/t16-/m0/s1. The fraction of sp³-hybridized carbons (Fsp3) is 0.211. The number of alkyl halides is 3. The maximum absolute atomic E-state index is 12.2. The molecule has 0 aliphatic carbocycles. The third-order valence-electron chi connectivity index (χ3n) is 4.14. The van der Waals surface area contributed by atoms with Gasteiger partial charge in [-0.05, 0) is 29.3 Å². The van der Waals surface area contributed by atoms with Crippen LogP contribution in [0.5, 0.6) is 5.75 Å². The smallest absolute Gasteiger partial charge is 0.480 e. The third-order valence-corrected chi connectivity index (χ3v) is 4.14. The van der Waals surface area contributed by atoms with Crippen molar-refractivity contribution in [1.29, 1.82) is 0 Å². The minimum absolute atomic E-state index is 0.182. The average molecular weight is 378 g/mol. The highest BCUT2D eigenvalue weighted by molar-refractivity contribution is 5.85. The van der Waals surface area contributed by atoms with E-state index in [0.29, 0.717) is 6.54 Å². The first-order chi connectivity index (χ1) is 12.7. The van der Waals surface area contributed by atoms with Gasteiger partial charge in [0.25, 0.3) is 0 Å². The Kier molecular flexibility index (Phi) is 5.09. The number of carbonyl (C=O) groups is 1. The molecule has 0 unspecified atom stereocenters. The lowest BCUT2D eigenvalue weighted by molar-refractivity contribution is -0.274. The highest BCUT2D eigenvalue weighted by Gasteiger charge is 2.30. The molecular formula is C19H17F3N2O3. The molecular weight excluding hydrogens is 361 g/mol. The van der Waals surface area contributed by atoms with E-state index in [0.717, 1.165) is 22.0 Å². The average Bonchev–Trinajstić information content (AvgIpc) is 2.93. The van der Waals surface area contributed by atoms with E-state index in [9.17, 15) is 18.0 Å². The second-order valence-corrected chi connectivity index (χ2v) is 6.14. The molecule has 1 aromatic heterocycles. The molecule has 0 radical (unpaired) electrons. The van der Waals surface area contributed by atoms with Crippen LogP contribution in [-0.2, 0) is 17.8 Å². The zero-order chi connectivity index (χ0) is 19.6. The number of fused-ring (bicyclic) bond motifs is 1. The summed E-state index contributed by atoms with van der Waals surface area (Å²) >= 11 is 0. The van der Waals surface area contributed by atoms with E-state index in [1.54, 1.807) is 12.1 Å². The normalized spacial score (nSPS) is 12.9. The number of benzene rings is 2. The molecule has 5 nitrogen and oxygen atoms in total. The predicted octanol–water partition coefficient (Wildman–Crippen LogP) is 3.54. The molecule has 0 amide bonds. The van der Waals surface area contributed by atoms with Gasteiger partial charge in [-0.1, -0.05) is 30.3 Å². The molecule has 1 atom stereocenters. The second kappa shape index (κ2) is 7.32. The molecule has 0 aliphatic rings. The Morgan fingerprint density at radius 2 is 1.81 bits per heavy atom. The first-order valence-corrected chi connectivity index (χ1v) is 8.13. The molecule has 0 fully saturated rings. The summed E-state index contributed by atoms with van der Waals surface area (Å²) < 4.78 is 42.5. The van der Waals surface area contributed by atoms with Crippen LogP contribution < -0.4 is 10.5 Å². The molecule has 0 aliphatic heterocycles. The summed E-state index contributed by atoms with van der Waals surface area (Å²) in [7, 11) is 0. The van der Waals surface area contributed by atoms with Crippen molar-refractivity contribution in [2.75, 3.05) is 0 Å². The lowest BCUT2D eigenvalue weighted by Crippen LogP contribution is -2.32. The number of hydrogen-bond donors (Lipinski definition) is 2. The largest absolute Gasteiger partial charge is 0.573 e. The molecule has 3 N–H and O–H groups in total. The quantitative estimate of drug-likeness (QED) is 0.688. The lowest BCUT2D eigenvalue weighted by atomic mass is 10.1. The van der Waals surface area contributed by atoms with Crippen molar-refractivity contribution in [3.63, 3.8) is 0 Å². The maximum atomic E-state index is 12.2. The number of aliphatic carboxylic acids is 1. The van der Waals surface area contributed by atoms with Crippen LogP contribution in [-0.4, -0.2) is 28.0 Å². The van der Waals surface area contributed by atoms with E-state index in [2.05, 4.69) is 4.74 Å². The lowest BCUT2D eigenvalue weighted by Gasteiger charge is -2.10. The van der Waals surface area contributed by atoms with Crippen LogP contribution in [0.25, 0.3) is 10.9 Å². The number of halogens is 3. The zero-order valence-corrected chi connectivity index (χ0v) is 14.1. The summed E-state index contributed by atoms with van der Waals surface area (Å²) in [6, 6.07) is 12.1. The van der Waals surface area contributed by atoms with E-state index in [1.165, 1.54) is 12.1 Å². The summed E-state index contributed by atoms with van der Waals surface area (Å²) in [4.78, 5) is 11.0. The van der Waals surface area contributed by atoms with Gasteiger partial charge in [0.05, 0.1) is 0 Å². The molecule has 1 heterocycles. The number of para-hydroxylation sites is 1. The van der Waals surface area contributed by atoms with Crippen molar-refractivity contribution in [3.05, 3.63) is 65.9 Å². The zero-order valence-electron chi connectivity index (χ0n) is 14.1. The fourth-order valence-corrected chi connectivity index (χ4v) is 2.93. The Morgan fingerprint density at radius 3 is 2.44 bits per heavy atom. The SMILES string of the molecule is N[C@@H](Cc1cn(Cc2ccc(OC(F)(F)F)cc2)c2ccccc12)C(=O)O.